The van der Waals surface area contributed by atoms with Crippen molar-refractivity contribution < 1.29 is 4.79 Å². The van der Waals surface area contributed by atoms with E-state index in [9.17, 15) is 9.59 Å². The fourth-order valence-corrected chi connectivity index (χ4v) is 3.27. The molecule has 0 atom stereocenters. The number of carbonyl (C=O) groups is 1. The fourth-order valence-electron chi connectivity index (χ4n) is 2.79. The van der Waals surface area contributed by atoms with Crippen LogP contribution < -0.4 is 10.9 Å². The molecule has 120 valence electrons. The van der Waals surface area contributed by atoms with Crippen LogP contribution in [0.4, 0.5) is 0 Å². The quantitative estimate of drug-likeness (QED) is 0.888. The van der Waals surface area contributed by atoms with Crippen LogP contribution in [-0.2, 0) is 6.42 Å². The monoisotopic (exact) mass is 351 g/mol. The van der Waals surface area contributed by atoms with Crippen molar-refractivity contribution in [2.75, 3.05) is 0 Å². The van der Waals surface area contributed by atoms with Gasteiger partial charge >= 0.3 is 0 Å². The second-order valence-electron chi connectivity index (χ2n) is 5.83. The Bertz CT molecular complexity index is 800. The summed E-state index contributed by atoms with van der Waals surface area (Å²) in [5.41, 5.74) is 0.459. The zero-order chi connectivity index (χ0) is 16.4. The normalized spacial score (nSPS) is 15.7. The molecule has 1 heterocycles. The summed E-state index contributed by atoms with van der Waals surface area (Å²) in [6.45, 7) is 0. The molecule has 1 aromatic carbocycles. The minimum Gasteiger partial charge on any atom is -0.346 e. The maximum Gasteiger partial charge on any atom is 0.264 e. The average molecular weight is 352 g/mol. The lowest BCUT2D eigenvalue weighted by molar-refractivity contribution is 0.0826. The number of amides is 1. The van der Waals surface area contributed by atoms with Crippen LogP contribution in [0.25, 0.3) is 0 Å². The van der Waals surface area contributed by atoms with Crippen LogP contribution in [0.2, 0.25) is 10.0 Å². The summed E-state index contributed by atoms with van der Waals surface area (Å²) in [6, 6.07) is 6.61. The standard InChI is InChI=1S/C16H15Cl2N3O2/c17-12-3-2-10(13(18)7-12)8-16(4-1-5-16)20-15(23)11-6-14(22)21-19-9-11/h2-3,6-7,9H,1,4-5,8H2,(H,20,23)(H,21,22). The van der Waals surface area contributed by atoms with E-state index in [-0.39, 0.29) is 17.0 Å². The van der Waals surface area contributed by atoms with Crippen LogP contribution in [0.3, 0.4) is 0 Å². The molecular weight excluding hydrogens is 337 g/mol. The van der Waals surface area contributed by atoms with Crippen molar-refractivity contribution in [1.29, 1.82) is 0 Å². The summed E-state index contributed by atoms with van der Waals surface area (Å²) in [6.07, 6.45) is 4.76. The third kappa shape index (κ3) is 3.57. The van der Waals surface area contributed by atoms with Gasteiger partial charge in [-0.2, -0.15) is 5.10 Å². The molecule has 2 N–H and O–H groups in total. The number of hydrogen-bond acceptors (Lipinski definition) is 3. The van der Waals surface area contributed by atoms with Gasteiger partial charge in [0.1, 0.15) is 0 Å². The molecule has 5 nitrogen and oxygen atoms in total. The Kier molecular flexibility index (Phi) is 4.41. The molecule has 1 aromatic heterocycles. The van der Waals surface area contributed by atoms with Gasteiger partial charge < -0.3 is 5.32 Å². The van der Waals surface area contributed by atoms with E-state index in [4.69, 9.17) is 23.2 Å². The molecule has 2 aromatic rings. The van der Waals surface area contributed by atoms with Crippen LogP contribution in [0.1, 0.15) is 35.2 Å². The van der Waals surface area contributed by atoms with Gasteiger partial charge in [-0.15, -0.1) is 0 Å². The molecule has 0 bridgehead atoms. The van der Waals surface area contributed by atoms with Crippen molar-refractivity contribution >= 4 is 29.1 Å². The maximum absolute atomic E-state index is 12.4. The molecule has 0 aliphatic heterocycles. The van der Waals surface area contributed by atoms with Crippen LogP contribution in [-0.4, -0.2) is 21.6 Å². The number of benzene rings is 1. The van der Waals surface area contributed by atoms with Gasteiger partial charge in [-0.25, -0.2) is 5.10 Å². The lowest BCUT2D eigenvalue weighted by atomic mass is 9.72. The first-order valence-electron chi connectivity index (χ1n) is 7.29. The molecular formula is C16H15Cl2N3O2. The number of aromatic amines is 1. The lowest BCUT2D eigenvalue weighted by Crippen LogP contribution is -2.55. The molecule has 1 amide bonds. The third-order valence-electron chi connectivity index (χ3n) is 4.16. The largest absolute Gasteiger partial charge is 0.346 e. The Morgan fingerprint density at radius 1 is 1.30 bits per heavy atom. The van der Waals surface area contributed by atoms with E-state index < -0.39 is 5.56 Å². The molecule has 0 saturated heterocycles. The molecule has 1 fully saturated rings. The Hall–Kier alpha value is -1.85. The van der Waals surface area contributed by atoms with Crippen molar-refractivity contribution in [2.45, 2.75) is 31.2 Å². The van der Waals surface area contributed by atoms with Gasteiger partial charge in [-0.1, -0.05) is 29.3 Å². The second-order valence-corrected chi connectivity index (χ2v) is 6.68. The number of halogens is 2. The van der Waals surface area contributed by atoms with Crippen LogP contribution in [0.15, 0.2) is 35.3 Å². The second kappa shape index (κ2) is 6.34. The predicted molar refractivity (Wildman–Crippen MR) is 89.1 cm³/mol. The summed E-state index contributed by atoms with van der Waals surface area (Å²) in [5, 5.41) is 10.1. The van der Waals surface area contributed by atoms with Crippen molar-refractivity contribution in [3.05, 3.63) is 62.0 Å². The van der Waals surface area contributed by atoms with Gasteiger partial charge in [0.25, 0.3) is 11.5 Å². The molecule has 1 saturated carbocycles. The zero-order valence-corrected chi connectivity index (χ0v) is 13.7. The SMILES string of the molecule is O=C(NC1(Cc2ccc(Cl)cc2Cl)CCC1)c1cn[nH]c(=O)c1. The van der Waals surface area contributed by atoms with E-state index in [2.05, 4.69) is 15.5 Å². The van der Waals surface area contributed by atoms with E-state index in [0.29, 0.717) is 16.5 Å². The van der Waals surface area contributed by atoms with Crippen LogP contribution in [0, 0.1) is 0 Å². The summed E-state index contributed by atoms with van der Waals surface area (Å²) in [7, 11) is 0. The average Bonchev–Trinajstić information content (AvgIpc) is 2.47. The van der Waals surface area contributed by atoms with Crippen molar-refractivity contribution in [3.63, 3.8) is 0 Å². The van der Waals surface area contributed by atoms with Crippen molar-refractivity contribution in [3.8, 4) is 0 Å². The summed E-state index contributed by atoms with van der Waals surface area (Å²) in [5.74, 6) is -0.298. The zero-order valence-electron chi connectivity index (χ0n) is 12.2. The van der Waals surface area contributed by atoms with Crippen molar-refractivity contribution in [2.24, 2.45) is 0 Å². The Morgan fingerprint density at radius 3 is 2.70 bits per heavy atom. The number of nitrogens with zero attached hydrogens (tertiary/aromatic N) is 1. The van der Waals surface area contributed by atoms with Crippen LogP contribution >= 0.6 is 23.2 Å². The topological polar surface area (TPSA) is 74.8 Å². The Labute approximate surface area is 143 Å². The predicted octanol–water partition coefficient (Wildman–Crippen LogP) is 2.97. The highest BCUT2D eigenvalue weighted by atomic mass is 35.5. The number of H-pyrrole nitrogens is 1. The molecule has 0 spiro atoms. The van der Waals surface area contributed by atoms with Gasteiger partial charge in [-0.3, -0.25) is 9.59 Å². The molecule has 23 heavy (non-hydrogen) atoms. The first-order chi connectivity index (χ1) is 11.0. The van der Waals surface area contributed by atoms with Gasteiger partial charge in [0.2, 0.25) is 0 Å². The minimum absolute atomic E-state index is 0.252. The summed E-state index contributed by atoms with van der Waals surface area (Å²) < 4.78 is 0. The minimum atomic E-state index is -0.402. The first kappa shape index (κ1) is 16.0. The number of carbonyl (C=O) groups excluding carboxylic acids is 1. The fraction of sp³-hybridized carbons (Fsp3) is 0.312. The lowest BCUT2D eigenvalue weighted by Gasteiger charge is -2.43. The van der Waals surface area contributed by atoms with E-state index in [0.717, 1.165) is 24.8 Å². The third-order valence-corrected chi connectivity index (χ3v) is 4.75. The summed E-state index contributed by atoms with van der Waals surface area (Å²) in [4.78, 5) is 23.7. The molecule has 1 aliphatic carbocycles. The highest BCUT2D eigenvalue weighted by molar-refractivity contribution is 6.35. The first-order valence-corrected chi connectivity index (χ1v) is 8.04. The number of hydrogen-bond donors (Lipinski definition) is 2. The Balaban J connectivity index is 1.78. The molecule has 0 unspecified atom stereocenters. The van der Waals surface area contributed by atoms with Crippen LogP contribution in [0.5, 0.6) is 0 Å². The molecule has 1 aliphatic rings. The van der Waals surface area contributed by atoms with Gasteiger partial charge in [-0.05, 0) is 43.4 Å². The maximum atomic E-state index is 12.4. The number of nitrogens with one attached hydrogen (secondary N) is 2. The van der Waals surface area contributed by atoms with Crippen molar-refractivity contribution in [1.82, 2.24) is 15.5 Å². The van der Waals surface area contributed by atoms with Gasteiger partial charge in [0, 0.05) is 21.7 Å². The highest BCUT2D eigenvalue weighted by Crippen LogP contribution is 2.37. The summed E-state index contributed by atoms with van der Waals surface area (Å²) >= 11 is 12.2. The molecule has 3 rings (SSSR count). The van der Waals surface area contributed by atoms with E-state index in [1.54, 1.807) is 12.1 Å². The highest BCUT2D eigenvalue weighted by Gasteiger charge is 2.39. The number of aromatic nitrogens is 2. The van der Waals surface area contributed by atoms with E-state index >= 15 is 0 Å². The Morgan fingerprint density at radius 2 is 2.09 bits per heavy atom. The smallest absolute Gasteiger partial charge is 0.264 e. The molecule has 0 radical (unpaired) electrons. The van der Waals surface area contributed by atoms with Gasteiger partial charge in [0.05, 0.1) is 11.8 Å². The van der Waals surface area contributed by atoms with E-state index in [1.807, 2.05) is 6.07 Å². The van der Waals surface area contributed by atoms with Gasteiger partial charge in [0.15, 0.2) is 0 Å². The molecule has 7 heteroatoms. The van der Waals surface area contributed by atoms with E-state index in [1.165, 1.54) is 12.3 Å². The number of rotatable bonds is 4.